The van der Waals surface area contributed by atoms with Crippen LogP contribution >= 0.6 is 0 Å². The first kappa shape index (κ1) is 16.1. The number of carboxylic acid groups (broad SMARTS) is 1. The number of hydrogen-bond acceptors (Lipinski definition) is 3. The number of amides is 2. The Labute approximate surface area is 126 Å². The zero-order valence-electron chi connectivity index (χ0n) is 13.0. The molecule has 0 aromatic heterocycles. The van der Waals surface area contributed by atoms with Crippen LogP contribution in [0.5, 0.6) is 0 Å². The molecule has 3 unspecified atom stereocenters. The number of carbonyl (C=O) groups is 2. The predicted octanol–water partition coefficient (Wildman–Crippen LogP) is 1.27. The van der Waals surface area contributed by atoms with Crippen molar-refractivity contribution in [2.24, 2.45) is 11.8 Å². The minimum atomic E-state index is -0.841. The highest BCUT2D eigenvalue weighted by Gasteiger charge is 2.37. The van der Waals surface area contributed by atoms with Gasteiger partial charge in [0, 0.05) is 25.2 Å². The van der Waals surface area contributed by atoms with Gasteiger partial charge >= 0.3 is 12.0 Å². The Hall–Kier alpha value is -1.30. The van der Waals surface area contributed by atoms with Crippen molar-refractivity contribution in [2.45, 2.75) is 51.6 Å². The fourth-order valence-corrected chi connectivity index (χ4v) is 3.53. The predicted molar refractivity (Wildman–Crippen MR) is 80.1 cm³/mol. The molecule has 0 aromatic carbocycles. The fraction of sp³-hybridized carbons (Fsp3) is 0.867. The molecule has 120 valence electrons. The van der Waals surface area contributed by atoms with Crippen molar-refractivity contribution >= 4 is 12.0 Å². The maximum absolute atomic E-state index is 12.0. The van der Waals surface area contributed by atoms with E-state index in [1.807, 2.05) is 13.8 Å². The summed E-state index contributed by atoms with van der Waals surface area (Å²) in [6.07, 6.45) is 3.93. The van der Waals surface area contributed by atoms with Crippen LogP contribution in [0.25, 0.3) is 0 Å². The van der Waals surface area contributed by atoms with Crippen LogP contribution < -0.4 is 10.6 Å². The zero-order chi connectivity index (χ0) is 15.4. The highest BCUT2D eigenvalue weighted by Crippen LogP contribution is 2.27. The summed E-state index contributed by atoms with van der Waals surface area (Å²) in [6, 6.07) is 0.450. The molecule has 2 saturated heterocycles. The van der Waals surface area contributed by atoms with Gasteiger partial charge in [-0.3, -0.25) is 9.69 Å². The molecule has 0 aromatic rings. The lowest BCUT2D eigenvalue weighted by Gasteiger charge is -2.22. The van der Waals surface area contributed by atoms with E-state index < -0.39 is 11.9 Å². The van der Waals surface area contributed by atoms with Gasteiger partial charge in [0.15, 0.2) is 0 Å². The van der Waals surface area contributed by atoms with Crippen LogP contribution in [-0.2, 0) is 4.79 Å². The molecule has 0 aliphatic carbocycles. The first-order chi connectivity index (χ1) is 9.97. The topological polar surface area (TPSA) is 81.7 Å². The van der Waals surface area contributed by atoms with E-state index in [1.165, 1.54) is 6.42 Å². The van der Waals surface area contributed by atoms with E-state index in [-0.39, 0.29) is 18.6 Å². The number of aliphatic carboxylic acids is 1. The van der Waals surface area contributed by atoms with Crippen LogP contribution in [0.3, 0.4) is 0 Å². The van der Waals surface area contributed by atoms with Crippen molar-refractivity contribution in [2.75, 3.05) is 19.6 Å². The Morgan fingerprint density at radius 2 is 2.05 bits per heavy atom. The van der Waals surface area contributed by atoms with Crippen molar-refractivity contribution in [3.63, 3.8) is 0 Å². The van der Waals surface area contributed by atoms with Crippen molar-refractivity contribution in [1.29, 1.82) is 0 Å². The van der Waals surface area contributed by atoms with Crippen LogP contribution in [-0.4, -0.2) is 53.7 Å². The second-order valence-electron chi connectivity index (χ2n) is 6.66. The molecule has 2 aliphatic heterocycles. The molecule has 21 heavy (non-hydrogen) atoms. The molecule has 2 heterocycles. The number of hydrogen-bond donors (Lipinski definition) is 3. The van der Waals surface area contributed by atoms with E-state index in [0.29, 0.717) is 18.4 Å². The van der Waals surface area contributed by atoms with E-state index in [9.17, 15) is 9.59 Å². The lowest BCUT2D eigenvalue weighted by molar-refractivity contribution is -0.142. The van der Waals surface area contributed by atoms with E-state index in [1.54, 1.807) is 0 Å². The molecule has 2 fully saturated rings. The number of nitrogens with zero attached hydrogens (tertiary/aromatic N) is 1. The van der Waals surface area contributed by atoms with E-state index >= 15 is 0 Å². The van der Waals surface area contributed by atoms with Gasteiger partial charge in [-0.1, -0.05) is 13.8 Å². The van der Waals surface area contributed by atoms with Gasteiger partial charge in [0.1, 0.15) is 0 Å². The third-order valence-corrected chi connectivity index (χ3v) is 4.54. The van der Waals surface area contributed by atoms with Crippen LogP contribution in [0, 0.1) is 11.8 Å². The van der Waals surface area contributed by atoms with E-state index in [2.05, 4.69) is 15.5 Å². The van der Waals surface area contributed by atoms with Crippen LogP contribution in [0.15, 0.2) is 0 Å². The normalized spacial score (nSPS) is 26.6. The summed E-state index contributed by atoms with van der Waals surface area (Å²) in [4.78, 5) is 25.6. The third-order valence-electron chi connectivity index (χ3n) is 4.54. The molecule has 0 saturated carbocycles. The summed E-state index contributed by atoms with van der Waals surface area (Å²) < 4.78 is 0. The number of fused-ring (bicyclic) bond motifs is 1. The third kappa shape index (κ3) is 4.33. The van der Waals surface area contributed by atoms with Gasteiger partial charge in [0.05, 0.1) is 5.92 Å². The number of urea groups is 1. The van der Waals surface area contributed by atoms with E-state index in [4.69, 9.17) is 5.11 Å². The van der Waals surface area contributed by atoms with Gasteiger partial charge in [-0.05, 0) is 38.1 Å². The molecule has 0 spiro atoms. The lowest BCUT2D eigenvalue weighted by atomic mass is 9.97. The molecule has 0 bridgehead atoms. The summed E-state index contributed by atoms with van der Waals surface area (Å²) in [7, 11) is 0. The zero-order valence-corrected chi connectivity index (χ0v) is 13.0. The second kappa shape index (κ2) is 7.11. The van der Waals surface area contributed by atoms with Gasteiger partial charge in [-0.15, -0.1) is 0 Å². The second-order valence-corrected chi connectivity index (χ2v) is 6.66. The summed E-state index contributed by atoms with van der Waals surface area (Å²) in [6.45, 7) is 6.37. The highest BCUT2D eigenvalue weighted by atomic mass is 16.4. The van der Waals surface area contributed by atoms with Gasteiger partial charge < -0.3 is 15.7 Å². The quantitative estimate of drug-likeness (QED) is 0.689. The first-order valence-electron chi connectivity index (χ1n) is 7.98. The molecule has 6 heteroatoms. The van der Waals surface area contributed by atoms with Gasteiger partial charge in [0.25, 0.3) is 0 Å². The van der Waals surface area contributed by atoms with Gasteiger partial charge in [-0.25, -0.2) is 4.79 Å². The van der Waals surface area contributed by atoms with E-state index in [0.717, 1.165) is 25.9 Å². The fourth-order valence-electron chi connectivity index (χ4n) is 3.53. The first-order valence-corrected chi connectivity index (χ1v) is 7.98. The van der Waals surface area contributed by atoms with Crippen LogP contribution in [0.2, 0.25) is 0 Å². The van der Waals surface area contributed by atoms with Crippen molar-refractivity contribution < 1.29 is 14.7 Å². The molecule has 2 rings (SSSR count). The smallest absolute Gasteiger partial charge is 0.315 e. The van der Waals surface area contributed by atoms with Crippen LogP contribution in [0.4, 0.5) is 4.79 Å². The number of rotatable bonds is 6. The molecular formula is C15H27N3O3. The molecule has 0 radical (unpaired) electrons. The SMILES string of the molecule is CC(C)CC(CNC(=O)NC1CCN2CCCC12)C(=O)O. The minimum absolute atomic E-state index is 0.195. The molecule has 2 aliphatic rings. The Kier molecular flexibility index (Phi) is 5.45. The lowest BCUT2D eigenvalue weighted by Crippen LogP contribution is -2.48. The summed E-state index contributed by atoms with van der Waals surface area (Å²) in [5.41, 5.74) is 0. The monoisotopic (exact) mass is 297 g/mol. The average molecular weight is 297 g/mol. The molecule has 3 N–H and O–H groups in total. The van der Waals surface area contributed by atoms with Crippen molar-refractivity contribution in [1.82, 2.24) is 15.5 Å². The van der Waals surface area contributed by atoms with Gasteiger partial charge in [0.2, 0.25) is 0 Å². The van der Waals surface area contributed by atoms with Gasteiger partial charge in [-0.2, -0.15) is 0 Å². The summed E-state index contributed by atoms with van der Waals surface area (Å²) in [5, 5.41) is 14.9. The number of nitrogens with one attached hydrogen (secondary N) is 2. The largest absolute Gasteiger partial charge is 0.481 e. The van der Waals surface area contributed by atoms with Crippen molar-refractivity contribution in [3.8, 4) is 0 Å². The van der Waals surface area contributed by atoms with Crippen LogP contribution in [0.1, 0.15) is 39.5 Å². The maximum Gasteiger partial charge on any atom is 0.315 e. The summed E-state index contributed by atoms with van der Waals surface area (Å²) >= 11 is 0. The number of carboxylic acids is 1. The molecule has 2 amide bonds. The Balaban J connectivity index is 1.75. The Morgan fingerprint density at radius 3 is 2.71 bits per heavy atom. The van der Waals surface area contributed by atoms with Crippen molar-refractivity contribution in [3.05, 3.63) is 0 Å². The Morgan fingerprint density at radius 1 is 1.29 bits per heavy atom. The molecule has 6 nitrogen and oxygen atoms in total. The highest BCUT2D eigenvalue weighted by molar-refractivity contribution is 5.76. The summed E-state index contributed by atoms with van der Waals surface area (Å²) in [5.74, 6) is -1.05. The molecular weight excluding hydrogens is 270 g/mol. The maximum atomic E-state index is 12.0. The average Bonchev–Trinajstić information content (AvgIpc) is 2.98. The number of carbonyl (C=O) groups excluding carboxylic acids is 1. The minimum Gasteiger partial charge on any atom is -0.481 e. The molecule has 3 atom stereocenters. The Bertz CT molecular complexity index is 386. The standard InChI is InChI=1S/C15H27N3O3/c1-10(2)8-11(14(19)20)9-16-15(21)17-12-5-7-18-6-3-4-13(12)18/h10-13H,3-9H2,1-2H3,(H,19,20)(H2,16,17,21).